The molecular formula is C23H24N4. The van der Waals surface area contributed by atoms with E-state index in [1.54, 1.807) is 0 Å². The predicted octanol–water partition coefficient (Wildman–Crippen LogP) is 5.43. The van der Waals surface area contributed by atoms with Crippen molar-refractivity contribution in [2.45, 2.75) is 13.8 Å². The second kappa shape index (κ2) is 6.80. The van der Waals surface area contributed by atoms with Gasteiger partial charge in [-0.2, -0.15) is 0 Å². The number of aromatic nitrogens is 2. The summed E-state index contributed by atoms with van der Waals surface area (Å²) < 4.78 is 2.11. The zero-order valence-corrected chi connectivity index (χ0v) is 16.2. The number of hydrogen-bond acceptors (Lipinski definition) is 3. The molecule has 4 aromatic rings. The Morgan fingerprint density at radius 1 is 0.852 bits per heavy atom. The maximum Gasteiger partial charge on any atom is 0.143 e. The molecule has 2 aromatic carbocycles. The van der Waals surface area contributed by atoms with Crippen molar-refractivity contribution in [3.8, 4) is 11.3 Å². The minimum atomic E-state index is 0.929. The molecule has 136 valence electrons. The van der Waals surface area contributed by atoms with E-state index in [0.717, 1.165) is 28.4 Å². The van der Waals surface area contributed by atoms with Gasteiger partial charge in [0.2, 0.25) is 0 Å². The van der Waals surface area contributed by atoms with Crippen molar-refractivity contribution in [2.75, 3.05) is 24.3 Å². The van der Waals surface area contributed by atoms with Crippen LogP contribution in [0.15, 0.2) is 66.9 Å². The number of aryl methyl sites for hydroxylation is 2. The van der Waals surface area contributed by atoms with Crippen LogP contribution in [0.3, 0.4) is 0 Å². The quantitative estimate of drug-likeness (QED) is 0.529. The molecule has 0 aliphatic heterocycles. The maximum absolute atomic E-state index is 4.90. The lowest BCUT2D eigenvalue weighted by atomic mass is 10.1. The standard InChI is InChI=1S/C23H24N4/c1-16-8-7-9-17(2)21(16)25-23-22(24-20-10-5-6-15-27(20)23)18-11-13-19(14-12-18)26(3)4/h5-15,25H,1-4H3. The normalized spacial score (nSPS) is 11.0. The summed E-state index contributed by atoms with van der Waals surface area (Å²) >= 11 is 0. The van der Waals surface area contributed by atoms with Gasteiger partial charge < -0.3 is 10.2 Å². The topological polar surface area (TPSA) is 32.6 Å². The summed E-state index contributed by atoms with van der Waals surface area (Å²) in [6.07, 6.45) is 2.05. The molecule has 0 aliphatic rings. The van der Waals surface area contributed by atoms with Crippen LogP contribution in [-0.2, 0) is 0 Å². The Kier molecular flexibility index (Phi) is 4.32. The Labute approximate surface area is 160 Å². The highest BCUT2D eigenvalue weighted by molar-refractivity contribution is 5.81. The number of hydrogen-bond donors (Lipinski definition) is 1. The summed E-state index contributed by atoms with van der Waals surface area (Å²) in [6.45, 7) is 4.26. The number of rotatable bonds is 4. The molecule has 0 bridgehead atoms. The highest BCUT2D eigenvalue weighted by Gasteiger charge is 2.16. The largest absolute Gasteiger partial charge is 0.378 e. The molecule has 0 saturated heterocycles. The van der Waals surface area contributed by atoms with Gasteiger partial charge in [0.15, 0.2) is 0 Å². The Bertz CT molecular complexity index is 1070. The Morgan fingerprint density at radius 3 is 2.22 bits per heavy atom. The van der Waals surface area contributed by atoms with Crippen molar-refractivity contribution in [1.82, 2.24) is 9.38 Å². The fourth-order valence-corrected chi connectivity index (χ4v) is 3.36. The van der Waals surface area contributed by atoms with Crippen LogP contribution in [0.1, 0.15) is 11.1 Å². The van der Waals surface area contributed by atoms with E-state index in [0.29, 0.717) is 0 Å². The molecule has 0 unspecified atom stereocenters. The molecule has 0 amide bonds. The van der Waals surface area contributed by atoms with Gasteiger partial charge in [-0.1, -0.05) is 36.4 Å². The van der Waals surface area contributed by atoms with Gasteiger partial charge in [-0.3, -0.25) is 4.40 Å². The van der Waals surface area contributed by atoms with Crippen molar-refractivity contribution >= 4 is 22.8 Å². The number of para-hydroxylation sites is 1. The zero-order chi connectivity index (χ0) is 19.0. The predicted molar refractivity (Wildman–Crippen MR) is 114 cm³/mol. The minimum absolute atomic E-state index is 0.929. The first-order valence-corrected chi connectivity index (χ1v) is 9.12. The Morgan fingerprint density at radius 2 is 1.56 bits per heavy atom. The molecule has 0 atom stereocenters. The second-order valence-electron chi connectivity index (χ2n) is 7.07. The number of benzene rings is 2. The monoisotopic (exact) mass is 356 g/mol. The van der Waals surface area contributed by atoms with Crippen LogP contribution in [-0.4, -0.2) is 23.5 Å². The molecule has 0 aliphatic carbocycles. The van der Waals surface area contributed by atoms with Crippen LogP contribution in [0.25, 0.3) is 16.9 Å². The molecule has 2 aromatic heterocycles. The van der Waals surface area contributed by atoms with E-state index in [2.05, 4.69) is 77.1 Å². The summed E-state index contributed by atoms with van der Waals surface area (Å²) in [6, 6.07) is 20.9. The molecule has 4 heteroatoms. The van der Waals surface area contributed by atoms with Crippen LogP contribution in [0.5, 0.6) is 0 Å². The third kappa shape index (κ3) is 3.14. The first-order valence-electron chi connectivity index (χ1n) is 9.12. The fraction of sp³-hybridized carbons (Fsp3) is 0.174. The van der Waals surface area contributed by atoms with Crippen LogP contribution in [0.4, 0.5) is 17.2 Å². The molecule has 0 radical (unpaired) electrons. The average molecular weight is 356 g/mol. The van der Waals surface area contributed by atoms with Crippen molar-refractivity contribution in [1.29, 1.82) is 0 Å². The molecule has 0 spiro atoms. The maximum atomic E-state index is 4.90. The number of anilines is 3. The van der Waals surface area contributed by atoms with Gasteiger partial charge in [0.05, 0.1) is 0 Å². The summed E-state index contributed by atoms with van der Waals surface area (Å²) in [7, 11) is 4.10. The van der Waals surface area contributed by atoms with Crippen molar-refractivity contribution in [3.63, 3.8) is 0 Å². The lowest BCUT2D eigenvalue weighted by Crippen LogP contribution is -2.08. The molecule has 2 heterocycles. The highest BCUT2D eigenvalue weighted by Crippen LogP contribution is 2.33. The van der Waals surface area contributed by atoms with E-state index in [4.69, 9.17) is 4.98 Å². The molecule has 0 saturated carbocycles. The van der Waals surface area contributed by atoms with E-state index in [1.807, 2.05) is 32.3 Å². The Hall–Kier alpha value is -3.27. The van der Waals surface area contributed by atoms with Gasteiger partial charge >= 0.3 is 0 Å². The third-order valence-corrected chi connectivity index (χ3v) is 4.91. The molecule has 0 fully saturated rings. The Balaban J connectivity index is 1.87. The lowest BCUT2D eigenvalue weighted by Gasteiger charge is -2.15. The van der Waals surface area contributed by atoms with Crippen LogP contribution in [0, 0.1) is 13.8 Å². The number of pyridine rings is 1. The van der Waals surface area contributed by atoms with E-state index < -0.39 is 0 Å². The average Bonchev–Trinajstić information content (AvgIpc) is 3.03. The van der Waals surface area contributed by atoms with E-state index in [-0.39, 0.29) is 0 Å². The molecule has 4 rings (SSSR count). The van der Waals surface area contributed by atoms with Crippen LogP contribution >= 0.6 is 0 Å². The smallest absolute Gasteiger partial charge is 0.143 e. The van der Waals surface area contributed by atoms with E-state index >= 15 is 0 Å². The lowest BCUT2D eigenvalue weighted by molar-refractivity contribution is 1.13. The molecule has 1 N–H and O–H groups in total. The molecule has 27 heavy (non-hydrogen) atoms. The minimum Gasteiger partial charge on any atom is -0.378 e. The number of nitrogens with zero attached hydrogens (tertiary/aromatic N) is 3. The molecule has 4 nitrogen and oxygen atoms in total. The van der Waals surface area contributed by atoms with Crippen LogP contribution in [0.2, 0.25) is 0 Å². The third-order valence-electron chi connectivity index (χ3n) is 4.91. The van der Waals surface area contributed by atoms with Crippen molar-refractivity contribution in [3.05, 3.63) is 78.0 Å². The number of fused-ring (bicyclic) bond motifs is 1. The summed E-state index contributed by atoms with van der Waals surface area (Å²) in [4.78, 5) is 7.00. The zero-order valence-electron chi connectivity index (χ0n) is 16.2. The van der Waals surface area contributed by atoms with Gasteiger partial charge in [0, 0.05) is 37.2 Å². The summed E-state index contributed by atoms with van der Waals surface area (Å²) in [5, 5.41) is 3.66. The van der Waals surface area contributed by atoms with Gasteiger partial charge in [-0.25, -0.2) is 4.98 Å². The van der Waals surface area contributed by atoms with E-state index in [9.17, 15) is 0 Å². The van der Waals surface area contributed by atoms with Crippen molar-refractivity contribution in [2.24, 2.45) is 0 Å². The van der Waals surface area contributed by atoms with Gasteiger partial charge in [-0.15, -0.1) is 0 Å². The number of nitrogens with one attached hydrogen (secondary N) is 1. The van der Waals surface area contributed by atoms with Gasteiger partial charge in [-0.05, 0) is 49.2 Å². The first kappa shape index (κ1) is 17.2. The SMILES string of the molecule is Cc1cccc(C)c1Nc1c(-c2ccc(N(C)C)cc2)nc2ccccn12. The molecular weight excluding hydrogens is 332 g/mol. The summed E-state index contributed by atoms with van der Waals surface area (Å²) in [5.41, 5.74) is 7.72. The fourth-order valence-electron chi connectivity index (χ4n) is 3.36. The van der Waals surface area contributed by atoms with Crippen LogP contribution < -0.4 is 10.2 Å². The summed E-state index contributed by atoms with van der Waals surface area (Å²) in [5.74, 6) is 0.987. The van der Waals surface area contributed by atoms with Gasteiger partial charge in [0.1, 0.15) is 17.2 Å². The van der Waals surface area contributed by atoms with Gasteiger partial charge in [0.25, 0.3) is 0 Å². The first-order chi connectivity index (χ1) is 13.0. The van der Waals surface area contributed by atoms with Crippen molar-refractivity contribution < 1.29 is 0 Å². The van der Waals surface area contributed by atoms with E-state index in [1.165, 1.54) is 16.8 Å². The highest BCUT2D eigenvalue weighted by atomic mass is 15.1. The second-order valence-corrected chi connectivity index (χ2v) is 7.07. The number of imidazole rings is 1.